The molecule has 2 rings (SSSR count). The van der Waals surface area contributed by atoms with Gasteiger partial charge < -0.3 is 5.11 Å². The molecule has 2 heteroatoms. The lowest BCUT2D eigenvalue weighted by Gasteiger charge is -2.12. The van der Waals surface area contributed by atoms with Gasteiger partial charge in [0.05, 0.1) is 0 Å². The summed E-state index contributed by atoms with van der Waals surface area (Å²) in [4.78, 5) is 1.02. The van der Waals surface area contributed by atoms with Crippen molar-refractivity contribution < 1.29 is 5.11 Å². The predicted octanol–water partition coefficient (Wildman–Crippen LogP) is 3.19. The number of thioether (sulfide) groups is 1. The third-order valence-electron chi connectivity index (χ3n) is 2.60. The maximum absolute atomic E-state index is 10.1. The Labute approximate surface area is 124 Å². The smallest absolute Gasteiger partial charge is 0.138 e. The van der Waals surface area contributed by atoms with Gasteiger partial charge in [0.15, 0.2) is 0 Å². The summed E-state index contributed by atoms with van der Waals surface area (Å²) in [5.41, 5.74) is 0.868. The molecule has 0 aliphatic rings. The van der Waals surface area contributed by atoms with Crippen molar-refractivity contribution in [2.75, 3.05) is 0 Å². The highest BCUT2D eigenvalue weighted by Crippen LogP contribution is 2.24. The minimum Gasteiger partial charge on any atom is -0.378 e. The molecule has 0 aliphatic heterocycles. The number of rotatable bonds is 3. The van der Waals surface area contributed by atoms with Gasteiger partial charge in [-0.2, -0.15) is 0 Å². The molecule has 0 radical (unpaired) electrons. The third-order valence-corrected chi connectivity index (χ3v) is 3.79. The van der Waals surface area contributed by atoms with Crippen molar-refractivity contribution in [1.82, 2.24) is 0 Å². The largest absolute Gasteiger partial charge is 0.378 e. The maximum atomic E-state index is 10.1. The Morgan fingerprint density at radius 1 is 0.950 bits per heavy atom. The van der Waals surface area contributed by atoms with E-state index in [2.05, 4.69) is 17.8 Å². The number of hydrogen-bond acceptors (Lipinski definition) is 2. The first-order chi connectivity index (χ1) is 9.79. The van der Waals surface area contributed by atoms with Gasteiger partial charge in [0.1, 0.15) is 11.4 Å². The fourth-order valence-corrected chi connectivity index (χ4v) is 2.46. The molecule has 0 spiro atoms. The van der Waals surface area contributed by atoms with Gasteiger partial charge in [-0.15, -0.1) is 18.2 Å². The second-order valence-electron chi connectivity index (χ2n) is 4.10. The van der Waals surface area contributed by atoms with Crippen LogP contribution < -0.4 is 0 Å². The molecule has 0 fully saturated rings. The molecule has 0 saturated heterocycles. The van der Waals surface area contributed by atoms with E-state index in [9.17, 15) is 5.11 Å². The summed E-state index contributed by atoms with van der Waals surface area (Å²) < 4.78 is 0. The quantitative estimate of drug-likeness (QED) is 0.687. The third kappa shape index (κ3) is 4.21. The molecule has 2 aromatic rings. The van der Waals surface area contributed by atoms with Gasteiger partial charge in [-0.05, 0) is 24.3 Å². The molecule has 1 nitrogen and oxygen atoms in total. The lowest BCUT2D eigenvalue weighted by Crippen LogP contribution is -2.19. The lowest BCUT2D eigenvalue weighted by atomic mass is 10.2. The molecular formula is C18H14OS. The van der Waals surface area contributed by atoms with E-state index in [-0.39, 0.29) is 5.25 Å². The van der Waals surface area contributed by atoms with Gasteiger partial charge in [0.25, 0.3) is 0 Å². The molecule has 20 heavy (non-hydrogen) atoms. The molecule has 0 unspecified atom stereocenters. The Balaban J connectivity index is 2.05. The topological polar surface area (TPSA) is 20.2 Å². The van der Waals surface area contributed by atoms with Crippen molar-refractivity contribution >= 4 is 11.8 Å². The molecule has 2 atom stereocenters. The molecule has 98 valence electrons. The summed E-state index contributed by atoms with van der Waals surface area (Å²) in [5.74, 6) is 8.35. The molecular weight excluding hydrogens is 264 g/mol. The van der Waals surface area contributed by atoms with Crippen molar-refractivity contribution in [3.05, 3.63) is 66.2 Å². The fourth-order valence-electron chi connectivity index (χ4n) is 1.59. The summed E-state index contributed by atoms with van der Waals surface area (Å²) in [6.07, 6.45) is 4.64. The molecule has 1 N–H and O–H groups in total. The monoisotopic (exact) mass is 278 g/mol. The highest BCUT2D eigenvalue weighted by atomic mass is 32.2. The lowest BCUT2D eigenvalue weighted by molar-refractivity contribution is 0.243. The minimum absolute atomic E-state index is 0.381. The van der Waals surface area contributed by atoms with Gasteiger partial charge in [0.2, 0.25) is 0 Å². The van der Waals surface area contributed by atoms with E-state index in [1.165, 1.54) is 11.8 Å². The molecule has 0 bridgehead atoms. The second-order valence-corrected chi connectivity index (χ2v) is 5.31. The number of benzene rings is 2. The normalized spacial score (nSPS) is 12.6. The van der Waals surface area contributed by atoms with Crippen LogP contribution in [0.1, 0.15) is 5.56 Å². The van der Waals surface area contributed by atoms with E-state index in [4.69, 9.17) is 6.42 Å². The van der Waals surface area contributed by atoms with Crippen LogP contribution in [0.5, 0.6) is 0 Å². The number of aliphatic hydroxyl groups excluding tert-OH is 1. The van der Waals surface area contributed by atoms with E-state index >= 15 is 0 Å². The highest BCUT2D eigenvalue weighted by molar-refractivity contribution is 8.00. The van der Waals surface area contributed by atoms with Gasteiger partial charge in [-0.25, -0.2) is 0 Å². The average molecular weight is 278 g/mol. The van der Waals surface area contributed by atoms with Crippen molar-refractivity contribution in [2.24, 2.45) is 0 Å². The number of aliphatic hydroxyl groups is 1. The first-order valence-corrected chi connectivity index (χ1v) is 7.10. The summed E-state index contributed by atoms with van der Waals surface area (Å²) in [6.45, 7) is 0. The molecule has 2 aromatic carbocycles. The molecule has 0 aliphatic carbocycles. The minimum atomic E-state index is -0.856. The Morgan fingerprint density at radius 3 is 2.15 bits per heavy atom. The predicted molar refractivity (Wildman–Crippen MR) is 84.2 cm³/mol. The first-order valence-electron chi connectivity index (χ1n) is 6.22. The summed E-state index contributed by atoms with van der Waals surface area (Å²) in [6, 6.07) is 19.3. The zero-order valence-corrected chi connectivity index (χ0v) is 11.7. The Morgan fingerprint density at radius 2 is 1.55 bits per heavy atom. The second kappa shape index (κ2) is 7.46. The Bertz CT molecular complexity index is 632. The van der Waals surface area contributed by atoms with Crippen LogP contribution in [0, 0.1) is 24.2 Å². The van der Waals surface area contributed by atoms with Crippen LogP contribution in [0.25, 0.3) is 0 Å². The van der Waals surface area contributed by atoms with Gasteiger partial charge in [-0.3, -0.25) is 0 Å². The van der Waals surface area contributed by atoms with Crippen molar-refractivity contribution in [3.8, 4) is 24.2 Å². The fraction of sp³-hybridized carbons (Fsp3) is 0.111. The maximum Gasteiger partial charge on any atom is 0.138 e. The van der Waals surface area contributed by atoms with Gasteiger partial charge in [-0.1, -0.05) is 54.2 Å². The van der Waals surface area contributed by atoms with E-state index in [1.54, 1.807) is 0 Å². The van der Waals surface area contributed by atoms with E-state index in [0.717, 1.165) is 10.5 Å². The van der Waals surface area contributed by atoms with Gasteiger partial charge >= 0.3 is 0 Å². The standard InChI is InChI=1S/C18H14OS/c1-2-18(20-16-11-7-4-8-12-16)17(19)14-13-15-9-5-3-6-10-15/h1,3-12,17-19H/t17-,18+/m1/s1. The number of hydrogen-bond donors (Lipinski definition) is 1. The van der Waals surface area contributed by atoms with Crippen LogP contribution in [0.4, 0.5) is 0 Å². The van der Waals surface area contributed by atoms with Crippen LogP contribution in [0.15, 0.2) is 65.6 Å². The average Bonchev–Trinajstić information content (AvgIpc) is 2.52. The summed E-state index contributed by atoms with van der Waals surface area (Å²) in [7, 11) is 0. The Hall–Kier alpha value is -2.13. The summed E-state index contributed by atoms with van der Waals surface area (Å²) in [5, 5.41) is 9.71. The van der Waals surface area contributed by atoms with Crippen LogP contribution in [0.2, 0.25) is 0 Å². The van der Waals surface area contributed by atoms with Crippen molar-refractivity contribution in [2.45, 2.75) is 16.2 Å². The van der Waals surface area contributed by atoms with Crippen molar-refractivity contribution in [3.63, 3.8) is 0 Å². The Kier molecular flexibility index (Phi) is 5.33. The zero-order valence-electron chi connectivity index (χ0n) is 10.9. The van der Waals surface area contributed by atoms with E-state index in [1.807, 2.05) is 60.7 Å². The van der Waals surface area contributed by atoms with Crippen LogP contribution >= 0.6 is 11.8 Å². The van der Waals surface area contributed by atoms with Crippen LogP contribution in [-0.4, -0.2) is 16.5 Å². The van der Waals surface area contributed by atoms with Crippen LogP contribution in [0.3, 0.4) is 0 Å². The molecule has 0 amide bonds. The summed E-state index contributed by atoms with van der Waals surface area (Å²) >= 11 is 1.44. The molecule has 0 aromatic heterocycles. The highest BCUT2D eigenvalue weighted by Gasteiger charge is 2.15. The SMILES string of the molecule is C#C[C@H](Sc1ccccc1)[C@H](O)C#Cc1ccccc1. The molecule has 0 saturated carbocycles. The van der Waals surface area contributed by atoms with Gasteiger partial charge in [0, 0.05) is 10.5 Å². The van der Waals surface area contributed by atoms with E-state index in [0.29, 0.717) is 0 Å². The van der Waals surface area contributed by atoms with Crippen molar-refractivity contribution in [1.29, 1.82) is 0 Å². The van der Waals surface area contributed by atoms with E-state index < -0.39 is 6.10 Å². The number of terminal acetylenes is 1. The first kappa shape index (κ1) is 14.3. The van der Waals surface area contributed by atoms with Crippen LogP contribution in [-0.2, 0) is 0 Å². The molecule has 0 heterocycles. The zero-order chi connectivity index (χ0) is 14.2.